The molecule has 500 valence electrons. The molecule has 0 fully saturated rings. The molecule has 0 rings (SSSR count). The number of nitrogens with zero attached hydrogens (tertiary/aromatic N) is 7. The van der Waals surface area contributed by atoms with E-state index in [0.29, 0.717) is 19.3 Å². The molecule has 0 saturated carbocycles. The number of hydrogen-bond donors (Lipinski definition) is 5. The predicted octanol–water partition coefficient (Wildman–Crippen LogP) is 4.28. The molecule has 0 aromatic heterocycles. The fraction of sp³-hybridized carbons (Fsp3) is 0.797. The number of rotatable bonds is 37. The number of likely N-dealkylation sites (N-methyl/N-ethyl adjacent to an activating group) is 7. The highest BCUT2D eigenvalue weighted by Gasteiger charge is 2.45. The largest absolute Gasteiger partial charge is 0.390 e. The zero-order chi connectivity index (χ0) is 68.0. The average Bonchev–Trinajstić information content (AvgIpc) is 1.15. The molecule has 1 unspecified atom stereocenters. The number of aliphatic hydroxyl groups excluding tert-OH is 1. The quantitative estimate of drug-likeness (QED) is 0.0545. The molecule has 23 nitrogen and oxygen atoms in total. The number of hydrogen-bond acceptors (Lipinski definition) is 12. The topological polar surface area (TPSA) is 293 Å². The Labute approximate surface area is 522 Å². The monoisotopic (exact) mass is 1230 g/mol. The molecule has 87 heavy (non-hydrogen) atoms. The van der Waals surface area contributed by atoms with Crippen LogP contribution in [0.1, 0.15) is 170 Å². The van der Waals surface area contributed by atoms with E-state index in [0.717, 1.165) is 14.7 Å². The van der Waals surface area contributed by atoms with Gasteiger partial charge in [0.25, 0.3) is 0 Å². The van der Waals surface area contributed by atoms with Crippen LogP contribution in [-0.4, -0.2) is 221 Å². The Morgan fingerprint density at radius 1 is 0.460 bits per heavy atom. The second-order valence-corrected chi connectivity index (χ2v) is 26.8. The summed E-state index contributed by atoms with van der Waals surface area (Å²) < 4.78 is 0. The first-order chi connectivity index (χ1) is 40.0. The third kappa shape index (κ3) is 24.8. The van der Waals surface area contributed by atoms with Crippen molar-refractivity contribution in [2.24, 2.45) is 53.1 Å². The van der Waals surface area contributed by atoms with Gasteiger partial charge in [0, 0.05) is 55.3 Å². The van der Waals surface area contributed by atoms with Crippen molar-refractivity contribution in [1.82, 2.24) is 50.2 Å². The molecule has 0 spiro atoms. The van der Waals surface area contributed by atoms with Crippen LogP contribution < -0.4 is 21.7 Å². The Morgan fingerprint density at radius 3 is 1.32 bits per heavy atom. The van der Waals surface area contributed by atoms with Crippen molar-refractivity contribution in [1.29, 1.82) is 0 Å². The molecule has 0 aliphatic heterocycles. The number of primary amides is 1. The summed E-state index contributed by atoms with van der Waals surface area (Å²) in [4.78, 5) is 163. The number of nitrogens with two attached hydrogens (primary N) is 1. The van der Waals surface area contributed by atoms with Gasteiger partial charge < -0.3 is 61.1 Å². The highest BCUT2D eigenvalue weighted by atomic mass is 16.3. The van der Waals surface area contributed by atoms with Crippen LogP contribution in [0.25, 0.3) is 0 Å². The number of nitrogens with one attached hydrogen (secondary N) is 3. The first-order valence-electron chi connectivity index (χ1n) is 31.4. The number of allylic oxidation sites excluding steroid dienone is 2. The van der Waals surface area contributed by atoms with E-state index in [-0.39, 0.29) is 67.1 Å². The molecule has 23 heteroatoms. The lowest BCUT2D eigenvalue weighted by molar-refractivity contribution is -0.157. The van der Waals surface area contributed by atoms with Crippen LogP contribution in [0.3, 0.4) is 0 Å². The number of carbonyl (C=O) groups is 11. The Morgan fingerprint density at radius 2 is 0.885 bits per heavy atom. The van der Waals surface area contributed by atoms with E-state index in [9.17, 15) is 43.5 Å². The molecule has 0 aliphatic rings. The van der Waals surface area contributed by atoms with Crippen LogP contribution in [0, 0.1) is 47.3 Å². The average molecular weight is 1230 g/mol. The molecule has 12 atom stereocenters. The van der Waals surface area contributed by atoms with Gasteiger partial charge in [-0.15, -0.1) is 0 Å². The molecule has 0 heterocycles. The van der Waals surface area contributed by atoms with E-state index in [1.807, 2.05) is 76.2 Å². The maximum atomic E-state index is 15.2. The summed E-state index contributed by atoms with van der Waals surface area (Å²) >= 11 is 0. The highest BCUT2D eigenvalue weighted by molar-refractivity contribution is 5.99. The number of carbonyl (C=O) groups excluding carboxylic acids is 11. The van der Waals surface area contributed by atoms with Gasteiger partial charge >= 0.3 is 0 Å². The van der Waals surface area contributed by atoms with E-state index in [1.165, 1.54) is 75.7 Å². The minimum atomic E-state index is -1.60. The number of amides is 11. The Kier molecular flexibility index (Phi) is 35.0. The molecule has 0 bridgehead atoms. The Hall–Kier alpha value is -6.13. The van der Waals surface area contributed by atoms with E-state index < -0.39 is 138 Å². The summed E-state index contributed by atoms with van der Waals surface area (Å²) in [6, 6.07) is -10.4. The smallest absolute Gasteiger partial charge is 0.246 e. The van der Waals surface area contributed by atoms with E-state index >= 15 is 14.4 Å². The van der Waals surface area contributed by atoms with Crippen LogP contribution >= 0.6 is 0 Å². The molecule has 0 aliphatic carbocycles. The maximum absolute atomic E-state index is 15.2. The van der Waals surface area contributed by atoms with Crippen molar-refractivity contribution in [3.63, 3.8) is 0 Å². The van der Waals surface area contributed by atoms with Gasteiger partial charge in [0.05, 0.1) is 12.6 Å². The van der Waals surface area contributed by atoms with Gasteiger partial charge in [0.15, 0.2) is 0 Å². The third-order valence-corrected chi connectivity index (χ3v) is 16.2. The SMILES string of the molecule is C/C=C\C[C@@H](C)[C@H](O)C(C(=O)N[C@@H](CC)C(=O)N(C)CC(=O)N(C)[C@H](C)C(N)=O)N(C)C(=O)[C@@H](C(C)C)N(C)C(=O)[C@@H](CC(C)C)N(C)C(=O)[C@@H](CC(C)C)N(C)C(=O)[C@H](C)NC(=O)[C@@H](CC(C)C)NC(=O)[C@H](CC(C)C)N(C)C(=O)[C@H](C)CC(C)C. The van der Waals surface area contributed by atoms with Crippen molar-refractivity contribution in [2.45, 2.75) is 230 Å². The van der Waals surface area contributed by atoms with Gasteiger partial charge in [0.1, 0.15) is 54.4 Å². The summed E-state index contributed by atoms with van der Waals surface area (Å²) in [7, 11) is 10.1. The Bertz CT molecular complexity index is 2330. The molecule has 6 N–H and O–H groups in total. The van der Waals surface area contributed by atoms with Crippen molar-refractivity contribution >= 4 is 65.0 Å². The van der Waals surface area contributed by atoms with Crippen molar-refractivity contribution in [3.05, 3.63) is 12.2 Å². The minimum absolute atomic E-state index is 0.0384. The molecule has 0 aromatic rings. The van der Waals surface area contributed by atoms with Crippen LogP contribution in [0.2, 0.25) is 0 Å². The van der Waals surface area contributed by atoms with Crippen molar-refractivity contribution < 1.29 is 57.8 Å². The molecule has 0 radical (unpaired) electrons. The standard InChI is InChI=1S/C64H117N11O12/c1-26-28-29-42(15)54(77)53(58(81)67-46(27-2)61(84)69(19)35-51(76)70(20)45(18)55(65)78)75(25)64(87)52(41(13)14)74(24)63(86)50(34-40(11)12)73(23)62(85)49(33-39(9)10)72(22)60(83)44(17)66-56(79)47(31-37(5)6)68-57(80)48(32-38(7)8)71(21)59(82)43(16)30-36(3)4/h26,28,36-50,52-54,77H,27,29-35H2,1-25H3,(H2,65,78)(H,66,79)(H,67,81)(H,68,80)/b28-26-/t42-,43-,44+,45-,46+,47-,48+,49-,50-,52-,53?,54+/m1/s1. The van der Waals surface area contributed by atoms with Gasteiger partial charge in [-0.2, -0.15) is 0 Å². The summed E-state index contributed by atoms with van der Waals surface area (Å²) in [5.74, 6) is -8.23. The second kappa shape index (κ2) is 37.7. The number of aliphatic hydroxyl groups is 1. The summed E-state index contributed by atoms with van der Waals surface area (Å²) in [5.41, 5.74) is 5.39. The minimum Gasteiger partial charge on any atom is -0.390 e. The lowest BCUT2D eigenvalue weighted by atomic mass is 9.91. The summed E-state index contributed by atoms with van der Waals surface area (Å²) in [6.07, 6.45) is 3.99. The lowest BCUT2D eigenvalue weighted by Crippen LogP contribution is -2.63. The Balaban J connectivity index is 7.19. The maximum Gasteiger partial charge on any atom is 0.246 e. The normalized spacial score (nSPS) is 16.0. The van der Waals surface area contributed by atoms with Crippen molar-refractivity contribution in [2.75, 3.05) is 55.9 Å². The summed E-state index contributed by atoms with van der Waals surface area (Å²) in [5, 5.41) is 20.4. The zero-order valence-corrected chi connectivity index (χ0v) is 57.8. The van der Waals surface area contributed by atoms with Gasteiger partial charge in [-0.05, 0) is 107 Å². The molecule has 0 saturated heterocycles. The van der Waals surface area contributed by atoms with Gasteiger partial charge in [-0.25, -0.2) is 0 Å². The van der Waals surface area contributed by atoms with Crippen LogP contribution in [0.15, 0.2) is 12.2 Å². The fourth-order valence-electron chi connectivity index (χ4n) is 10.8. The predicted molar refractivity (Wildman–Crippen MR) is 339 cm³/mol. The third-order valence-electron chi connectivity index (χ3n) is 16.2. The first kappa shape index (κ1) is 80.9. The van der Waals surface area contributed by atoms with E-state index in [2.05, 4.69) is 16.0 Å². The zero-order valence-electron chi connectivity index (χ0n) is 57.8. The van der Waals surface area contributed by atoms with Crippen LogP contribution in [0.4, 0.5) is 0 Å². The fourth-order valence-corrected chi connectivity index (χ4v) is 10.8. The molecular weight excluding hydrogens is 1110 g/mol. The van der Waals surface area contributed by atoms with Gasteiger partial charge in [0.2, 0.25) is 65.0 Å². The van der Waals surface area contributed by atoms with E-state index in [4.69, 9.17) is 5.73 Å². The van der Waals surface area contributed by atoms with Crippen molar-refractivity contribution in [3.8, 4) is 0 Å². The van der Waals surface area contributed by atoms with E-state index in [1.54, 1.807) is 53.8 Å². The van der Waals surface area contributed by atoms with Gasteiger partial charge in [-0.3, -0.25) is 52.7 Å². The molecular formula is C64H117N11O12. The van der Waals surface area contributed by atoms with Crippen LogP contribution in [0.5, 0.6) is 0 Å². The van der Waals surface area contributed by atoms with Gasteiger partial charge in [-0.1, -0.05) is 116 Å². The molecule has 11 amide bonds. The highest BCUT2D eigenvalue weighted by Crippen LogP contribution is 2.26. The van der Waals surface area contributed by atoms with Crippen LogP contribution in [-0.2, 0) is 52.7 Å². The molecule has 0 aromatic carbocycles. The first-order valence-corrected chi connectivity index (χ1v) is 31.4. The lowest BCUT2D eigenvalue weighted by Gasteiger charge is -2.41. The second-order valence-electron chi connectivity index (χ2n) is 26.8. The summed E-state index contributed by atoms with van der Waals surface area (Å²) in [6.45, 7) is 32.2.